The van der Waals surface area contributed by atoms with Crippen LogP contribution in [0, 0.1) is 6.92 Å². The summed E-state index contributed by atoms with van der Waals surface area (Å²) in [4.78, 5) is 25.4. The SMILES string of the molecule is Cc1ccc(C(=O)Nc2cccc(S(=O)(=O)N3CCCCCC3)c2)cc1NC(=O)c1ccco1. The van der Waals surface area contributed by atoms with Crippen LogP contribution in [-0.2, 0) is 10.0 Å². The van der Waals surface area contributed by atoms with Crippen LogP contribution in [0.15, 0.2) is 70.2 Å². The summed E-state index contributed by atoms with van der Waals surface area (Å²) in [5.74, 6) is -0.674. The first kappa shape index (κ1) is 23.7. The van der Waals surface area contributed by atoms with E-state index in [9.17, 15) is 18.0 Å². The maximum atomic E-state index is 13.1. The Labute approximate surface area is 199 Å². The topological polar surface area (TPSA) is 109 Å². The Bertz CT molecular complexity index is 1280. The first-order chi connectivity index (χ1) is 16.3. The van der Waals surface area contributed by atoms with Crippen molar-refractivity contribution in [1.29, 1.82) is 0 Å². The summed E-state index contributed by atoms with van der Waals surface area (Å²) in [5.41, 5.74) is 1.96. The third-order valence-corrected chi connectivity index (χ3v) is 7.68. The van der Waals surface area contributed by atoms with Gasteiger partial charge in [0.1, 0.15) is 0 Å². The second-order valence-corrected chi connectivity index (χ2v) is 10.2. The highest BCUT2D eigenvalue weighted by Gasteiger charge is 2.25. The van der Waals surface area contributed by atoms with Gasteiger partial charge in [-0.15, -0.1) is 0 Å². The van der Waals surface area contributed by atoms with E-state index in [0.29, 0.717) is 30.0 Å². The van der Waals surface area contributed by atoms with Crippen LogP contribution < -0.4 is 10.6 Å². The summed E-state index contributed by atoms with van der Waals surface area (Å²) in [5, 5.41) is 5.51. The van der Waals surface area contributed by atoms with Gasteiger partial charge in [-0.1, -0.05) is 25.0 Å². The molecule has 2 aromatic carbocycles. The van der Waals surface area contributed by atoms with Gasteiger partial charge in [-0.25, -0.2) is 8.42 Å². The molecular weight excluding hydrogens is 454 g/mol. The molecular formula is C25H27N3O5S. The van der Waals surface area contributed by atoms with Gasteiger partial charge in [-0.2, -0.15) is 4.31 Å². The minimum Gasteiger partial charge on any atom is -0.459 e. The largest absolute Gasteiger partial charge is 0.459 e. The van der Waals surface area contributed by atoms with Gasteiger partial charge < -0.3 is 15.1 Å². The van der Waals surface area contributed by atoms with Gasteiger partial charge in [-0.05, 0) is 67.8 Å². The molecule has 1 fully saturated rings. The highest BCUT2D eigenvalue weighted by molar-refractivity contribution is 7.89. The molecule has 1 aliphatic heterocycles. The van der Waals surface area contributed by atoms with Gasteiger partial charge >= 0.3 is 0 Å². The third kappa shape index (κ3) is 5.37. The molecule has 178 valence electrons. The van der Waals surface area contributed by atoms with Gasteiger partial charge in [0.25, 0.3) is 11.8 Å². The number of hydrogen-bond acceptors (Lipinski definition) is 5. The standard InChI is InChI=1S/C25H27N3O5S/c1-18-11-12-19(16-22(18)27-25(30)23-10-7-15-33-23)24(29)26-20-8-6-9-21(17-20)34(31,32)28-13-4-2-3-5-14-28/h6-12,15-17H,2-5,13-14H2,1H3,(H,26,29)(H,27,30). The Hall–Kier alpha value is -3.43. The summed E-state index contributed by atoms with van der Waals surface area (Å²) in [6.45, 7) is 2.83. The summed E-state index contributed by atoms with van der Waals surface area (Å²) >= 11 is 0. The lowest BCUT2D eigenvalue weighted by atomic mass is 10.1. The molecule has 34 heavy (non-hydrogen) atoms. The molecule has 3 aromatic rings. The molecule has 1 aliphatic rings. The number of amides is 2. The van der Waals surface area contributed by atoms with E-state index in [0.717, 1.165) is 31.2 Å². The second kappa shape index (κ2) is 10.2. The molecule has 1 aromatic heterocycles. The molecule has 4 rings (SSSR count). The lowest BCUT2D eigenvalue weighted by Crippen LogP contribution is -2.32. The Morgan fingerprint density at radius 3 is 2.35 bits per heavy atom. The van der Waals surface area contributed by atoms with E-state index in [1.54, 1.807) is 48.5 Å². The highest BCUT2D eigenvalue weighted by Crippen LogP contribution is 2.24. The van der Waals surface area contributed by atoms with Crippen molar-refractivity contribution in [2.75, 3.05) is 23.7 Å². The fourth-order valence-corrected chi connectivity index (χ4v) is 5.42. The van der Waals surface area contributed by atoms with Crippen molar-refractivity contribution >= 4 is 33.2 Å². The number of furan rings is 1. The molecule has 9 heteroatoms. The zero-order chi connectivity index (χ0) is 24.1. The summed E-state index contributed by atoms with van der Waals surface area (Å²) in [6.07, 6.45) is 5.17. The van der Waals surface area contributed by atoms with Crippen molar-refractivity contribution < 1.29 is 22.4 Å². The third-order valence-electron chi connectivity index (χ3n) is 5.79. The minimum atomic E-state index is -3.63. The van der Waals surface area contributed by atoms with Crippen molar-refractivity contribution in [3.05, 3.63) is 77.7 Å². The first-order valence-electron chi connectivity index (χ1n) is 11.2. The van der Waals surface area contributed by atoms with Crippen LogP contribution in [0.2, 0.25) is 0 Å². The fraction of sp³-hybridized carbons (Fsp3) is 0.280. The zero-order valence-corrected chi connectivity index (χ0v) is 19.7. The van der Waals surface area contributed by atoms with E-state index in [1.165, 1.54) is 16.6 Å². The Morgan fingerprint density at radius 2 is 1.65 bits per heavy atom. The van der Waals surface area contributed by atoms with Crippen LogP contribution in [0.3, 0.4) is 0 Å². The van der Waals surface area contributed by atoms with Crippen molar-refractivity contribution in [2.24, 2.45) is 0 Å². The van der Waals surface area contributed by atoms with Gasteiger partial charge in [0.2, 0.25) is 10.0 Å². The Kier molecular flexibility index (Phi) is 7.14. The maximum Gasteiger partial charge on any atom is 0.291 e. The number of carbonyl (C=O) groups is 2. The number of carbonyl (C=O) groups excluding carboxylic acids is 2. The van der Waals surface area contributed by atoms with E-state index < -0.39 is 21.8 Å². The minimum absolute atomic E-state index is 0.155. The van der Waals surface area contributed by atoms with Gasteiger partial charge in [0.05, 0.1) is 11.2 Å². The quantitative estimate of drug-likeness (QED) is 0.532. The summed E-state index contributed by atoms with van der Waals surface area (Å²) in [6, 6.07) is 14.4. The lowest BCUT2D eigenvalue weighted by Gasteiger charge is -2.20. The molecule has 1 saturated heterocycles. The number of nitrogens with zero attached hydrogens (tertiary/aromatic N) is 1. The van der Waals surface area contributed by atoms with Crippen molar-refractivity contribution in [3.8, 4) is 0 Å². The number of hydrogen-bond donors (Lipinski definition) is 2. The van der Waals surface area contributed by atoms with E-state index in [2.05, 4.69) is 10.6 Å². The van der Waals surface area contributed by atoms with E-state index >= 15 is 0 Å². The lowest BCUT2D eigenvalue weighted by molar-refractivity contribution is 0.0993. The molecule has 0 saturated carbocycles. The molecule has 0 unspecified atom stereocenters. The summed E-state index contributed by atoms with van der Waals surface area (Å²) < 4.78 is 32.8. The van der Waals surface area contributed by atoms with Crippen molar-refractivity contribution in [2.45, 2.75) is 37.5 Å². The van der Waals surface area contributed by atoms with Gasteiger partial charge in [0, 0.05) is 30.0 Å². The number of aryl methyl sites for hydroxylation is 1. The van der Waals surface area contributed by atoms with Crippen LogP contribution in [0.5, 0.6) is 0 Å². The van der Waals surface area contributed by atoms with Crippen LogP contribution in [0.4, 0.5) is 11.4 Å². The van der Waals surface area contributed by atoms with Crippen molar-refractivity contribution in [3.63, 3.8) is 0 Å². The van der Waals surface area contributed by atoms with Crippen LogP contribution >= 0.6 is 0 Å². The first-order valence-corrected chi connectivity index (χ1v) is 12.7. The Morgan fingerprint density at radius 1 is 0.882 bits per heavy atom. The Balaban J connectivity index is 1.50. The molecule has 0 aliphatic carbocycles. The average Bonchev–Trinajstić information content (AvgIpc) is 3.22. The van der Waals surface area contributed by atoms with Gasteiger partial charge in [-0.3, -0.25) is 9.59 Å². The molecule has 0 atom stereocenters. The molecule has 2 heterocycles. The summed E-state index contributed by atoms with van der Waals surface area (Å²) in [7, 11) is -3.63. The normalized spacial score (nSPS) is 14.9. The second-order valence-electron chi connectivity index (χ2n) is 8.26. The predicted molar refractivity (Wildman–Crippen MR) is 129 cm³/mol. The van der Waals surface area contributed by atoms with Crippen molar-refractivity contribution in [1.82, 2.24) is 4.31 Å². The number of nitrogens with one attached hydrogen (secondary N) is 2. The number of benzene rings is 2. The predicted octanol–water partition coefficient (Wildman–Crippen LogP) is 4.66. The van der Waals surface area contributed by atoms with Gasteiger partial charge in [0.15, 0.2) is 5.76 Å². The highest BCUT2D eigenvalue weighted by atomic mass is 32.2. The molecule has 2 amide bonds. The number of anilines is 2. The average molecular weight is 482 g/mol. The van der Waals surface area contributed by atoms with Crippen LogP contribution in [0.1, 0.15) is 52.2 Å². The molecule has 2 N–H and O–H groups in total. The maximum absolute atomic E-state index is 13.1. The molecule has 0 spiro atoms. The zero-order valence-electron chi connectivity index (χ0n) is 18.9. The molecule has 0 bridgehead atoms. The number of sulfonamides is 1. The smallest absolute Gasteiger partial charge is 0.291 e. The van der Waals surface area contributed by atoms with Crippen LogP contribution in [0.25, 0.3) is 0 Å². The van der Waals surface area contributed by atoms with E-state index in [1.807, 2.05) is 6.92 Å². The van der Waals surface area contributed by atoms with E-state index in [4.69, 9.17) is 4.42 Å². The number of rotatable bonds is 6. The molecule has 0 radical (unpaired) electrons. The monoisotopic (exact) mass is 481 g/mol. The van der Waals surface area contributed by atoms with Crippen LogP contribution in [-0.4, -0.2) is 37.6 Å². The molecule has 8 nitrogen and oxygen atoms in total. The fourth-order valence-electron chi connectivity index (χ4n) is 3.86. The van der Waals surface area contributed by atoms with E-state index in [-0.39, 0.29) is 10.7 Å².